The SMILES string of the molecule is CCC(C)(C)NC(=O)c1cc(S)ccc1Cl. The van der Waals surface area contributed by atoms with E-state index in [1.165, 1.54) is 0 Å². The van der Waals surface area contributed by atoms with Crippen LogP contribution in [0.5, 0.6) is 0 Å². The maximum Gasteiger partial charge on any atom is 0.253 e. The molecule has 4 heteroatoms. The molecule has 0 atom stereocenters. The van der Waals surface area contributed by atoms with Gasteiger partial charge in [0.15, 0.2) is 0 Å². The van der Waals surface area contributed by atoms with E-state index in [0.717, 1.165) is 11.3 Å². The van der Waals surface area contributed by atoms with Crippen molar-refractivity contribution in [3.8, 4) is 0 Å². The number of hydrogen-bond donors (Lipinski definition) is 2. The molecule has 1 rings (SSSR count). The van der Waals surface area contributed by atoms with Crippen LogP contribution in [0.25, 0.3) is 0 Å². The van der Waals surface area contributed by atoms with Crippen molar-refractivity contribution in [2.45, 2.75) is 37.6 Å². The van der Waals surface area contributed by atoms with Gasteiger partial charge in [0, 0.05) is 10.4 Å². The molecule has 1 amide bonds. The number of carbonyl (C=O) groups is 1. The van der Waals surface area contributed by atoms with Crippen LogP contribution in [0.1, 0.15) is 37.6 Å². The molecule has 0 aromatic heterocycles. The van der Waals surface area contributed by atoms with Crippen LogP contribution in [-0.4, -0.2) is 11.4 Å². The highest BCUT2D eigenvalue weighted by Crippen LogP contribution is 2.20. The van der Waals surface area contributed by atoms with Gasteiger partial charge in [0.05, 0.1) is 10.6 Å². The van der Waals surface area contributed by atoms with Gasteiger partial charge in [-0.1, -0.05) is 18.5 Å². The van der Waals surface area contributed by atoms with Gasteiger partial charge in [-0.2, -0.15) is 0 Å². The lowest BCUT2D eigenvalue weighted by atomic mass is 10.0. The Morgan fingerprint density at radius 3 is 2.69 bits per heavy atom. The third-order valence-corrected chi connectivity index (χ3v) is 3.14. The Kier molecular flexibility index (Phi) is 4.28. The number of hydrogen-bond acceptors (Lipinski definition) is 2. The Labute approximate surface area is 107 Å². The lowest BCUT2D eigenvalue weighted by Gasteiger charge is -2.24. The second-order valence-corrected chi connectivity index (χ2v) is 5.28. The van der Waals surface area contributed by atoms with Gasteiger partial charge in [-0.3, -0.25) is 4.79 Å². The summed E-state index contributed by atoms with van der Waals surface area (Å²) in [5, 5.41) is 3.38. The topological polar surface area (TPSA) is 29.1 Å². The minimum absolute atomic E-state index is 0.159. The fourth-order valence-corrected chi connectivity index (χ4v) is 1.56. The zero-order valence-electron chi connectivity index (χ0n) is 9.67. The Morgan fingerprint density at radius 2 is 2.12 bits per heavy atom. The molecule has 0 saturated heterocycles. The average molecular weight is 258 g/mol. The van der Waals surface area contributed by atoms with Crippen LogP contribution in [0.3, 0.4) is 0 Å². The summed E-state index contributed by atoms with van der Waals surface area (Å²) in [4.78, 5) is 12.7. The molecular weight excluding hydrogens is 242 g/mol. The molecule has 0 unspecified atom stereocenters. The summed E-state index contributed by atoms with van der Waals surface area (Å²) in [6, 6.07) is 5.11. The molecule has 0 aliphatic carbocycles. The summed E-state index contributed by atoms with van der Waals surface area (Å²) in [6.45, 7) is 5.98. The number of thiol groups is 1. The van der Waals surface area contributed by atoms with E-state index in [1.807, 2.05) is 20.8 Å². The molecule has 16 heavy (non-hydrogen) atoms. The van der Waals surface area contributed by atoms with Gasteiger partial charge in [0.2, 0.25) is 0 Å². The van der Waals surface area contributed by atoms with E-state index < -0.39 is 0 Å². The Morgan fingerprint density at radius 1 is 1.50 bits per heavy atom. The van der Waals surface area contributed by atoms with Crippen molar-refractivity contribution in [3.05, 3.63) is 28.8 Å². The predicted octanol–water partition coefficient (Wildman–Crippen LogP) is 3.55. The summed E-state index contributed by atoms with van der Waals surface area (Å²) >= 11 is 10.2. The number of halogens is 1. The minimum atomic E-state index is -0.229. The molecule has 0 spiro atoms. The third kappa shape index (κ3) is 3.42. The van der Waals surface area contributed by atoms with Gasteiger partial charge in [0.1, 0.15) is 0 Å². The molecule has 0 saturated carbocycles. The molecule has 0 fully saturated rings. The van der Waals surface area contributed by atoms with Gasteiger partial charge in [0.25, 0.3) is 5.91 Å². The molecule has 88 valence electrons. The quantitative estimate of drug-likeness (QED) is 0.797. The normalized spacial score (nSPS) is 11.3. The van der Waals surface area contributed by atoms with E-state index in [4.69, 9.17) is 11.6 Å². The maximum absolute atomic E-state index is 12.0. The molecule has 0 aliphatic heterocycles. The largest absolute Gasteiger partial charge is 0.347 e. The van der Waals surface area contributed by atoms with Crippen molar-refractivity contribution in [2.75, 3.05) is 0 Å². The average Bonchev–Trinajstić information content (AvgIpc) is 2.21. The third-order valence-electron chi connectivity index (χ3n) is 2.53. The standard InChI is InChI=1S/C12H16ClNOS/c1-4-12(2,3)14-11(15)9-7-8(16)5-6-10(9)13/h5-7,16H,4H2,1-3H3,(H,14,15). The minimum Gasteiger partial charge on any atom is -0.347 e. The summed E-state index contributed by atoms with van der Waals surface area (Å²) in [5.74, 6) is -0.159. The molecule has 2 nitrogen and oxygen atoms in total. The highest BCUT2D eigenvalue weighted by molar-refractivity contribution is 7.80. The van der Waals surface area contributed by atoms with Crippen molar-refractivity contribution >= 4 is 30.1 Å². The predicted molar refractivity (Wildman–Crippen MR) is 70.5 cm³/mol. The van der Waals surface area contributed by atoms with Crippen LogP contribution in [0.15, 0.2) is 23.1 Å². The van der Waals surface area contributed by atoms with E-state index in [9.17, 15) is 4.79 Å². The molecule has 0 radical (unpaired) electrons. The summed E-state index contributed by atoms with van der Waals surface area (Å²) in [5.41, 5.74) is 0.239. The van der Waals surface area contributed by atoms with Crippen molar-refractivity contribution in [2.24, 2.45) is 0 Å². The smallest absolute Gasteiger partial charge is 0.253 e. The van der Waals surface area contributed by atoms with Crippen LogP contribution in [0.4, 0.5) is 0 Å². The first-order valence-electron chi connectivity index (χ1n) is 5.17. The van der Waals surface area contributed by atoms with E-state index in [0.29, 0.717) is 10.6 Å². The zero-order chi connectivity index (χ0) is 12.3. The van der Waals surface area contributed by atoms with Crippen molar-refractivity contribution in [1.82, 2.24) is 5.32 Å². The Hall–Kier alpha value is -0.670. The van der Waals surface area contributed by atoms with Gasteiger partial charge < -0.3 is 5.32 Å². The number of amides is 1. The molecular formula is C12H16ClNOS. The van der Waals surface area contributed by atoms with Crippen LogP contribution < -0.4 is 5.32 Å². The summed E-state index contributed by atoms with van der Waals surface area (Å²) < 4.78 is 0. The highest BCUT2D eigenvalue weighted by Gasteiger charge is 2.20. The van der Waals surface area contributed by atoms with Crippen molar-refractivity contribution in [1.29, 1.82) is 0 Å². The molecule has 0 aliphatic rings. The van der Waals surface area contributed by atoms with Gasteiger partial charge >= 0.3 is 0 Å². The molecule has 1 aromatic rings. The van der Waals surface area contributed by atoms with Crippen molar-refractivity contribution in [3.63, 3.8) is 0 Å². The molecule has 0 bridgehead atoms. The monoisotopic (exact) mass is 257 g/mol. The maximum atomic E-state index is 12.0. The second-order valence-electron chi connectivity index (χ2n) is 4.36. The summed E-state index contributed by atoms with van der Waals surface area (Å²) in [7, 11) is 0. The van der Waals surface area contributed by atoms with Crippen LogP contribution in [0, 0.1) is 0 Å². The first-order chi connectivity index (χ1) is 7.35. The van der Waals surface area contributed by atoms with E-state index in [2.05, 4.69) is 17.9 Å². The number of rotatable bonds is 3. The van der Waals surface area contributed by atoms with Crippen LogP contribution in [0.2, 0.25) is 5.02 Å². The Bertz CT molecular complexity index is 404. The first-order valence-corrected chi connectivity index (χ1v) is 5.99. The fourth-order valence-electron chi connectivity index (χ4n) is 1.15. The lowest BCUT2D eigenvalue weighted by Crippen LogP contribution is -2.42. The number of benzene rings is 1. The summed E-state index contributed by atoms with van der Waals surface area (Å²) in [6.07, 6.45) is 0.858. The lowest BCUT2D eigenvalue weighted by molar-refractivity contribution is 0.0911. The van der Waals surface area contributed by atoms with Crippen molar-refractivity contribution < 1.29 is 4.79 Å². The van der Waals surface area contributed by atoms with Gasteiger partial charge in [-0.15, -0.1) is 12.6 Å². The number of nitrogens with one attached hydrogen (secondary N) is 1. The number of carbonyl (C=O) groups excluding carboxylic acids is 1. The van der Waals surface area contributed by atoms with E-state index in [-0.39, 0.29) is 11.4 Å². The van der Waals surface area contributed by atoms with E-state index >= 15 is 0 Å². The fraction of sp³-hybridized carbons (Fsp3) is 0.417. The molecule has 1 N–H and O–H groups in total. The highest BCUT2D eigenvalue weighted by atomic mass is 35.5. The van der Waals surface area contributed by atoms with Crippen LogP contribution in [-0.2, 0) is 0 Å². The van der Waals surface area contributed by atoms with E-state index in [1.54, 1.807) is 18.2 Å². The van der Waals surface area contributed by atoms with Gasteiger partial charge in [-0.25, -0.2) is 0 Å². The first kappa shape index (κ1) is 13.4. The van der Waals surface area contributed by atoms with Crippen LogP contribution >= 0.6 is 24.2 Å². The molecule has 1 aromatic carbocycles. The Balaban J connectivity index is 2.93. The second kappa shape index (κ2) is 5.11. The van der Waals surface area contributed by atoms with Gasteiger partial charge in [-0.05, 0) is 38.5 Å². The molecule has 0 heterocycles. The zero-order valence-corrected chi connectivity index (χ0v) is 11.3.